The van der Waals surface area contributed by atoms with Gasteiger partial charge in [0, 0.05) is 37.7 Å². The van der Waals surface area contributed by atoms with Gasteiger partial charge in [-0.25, -0.2) is 8.78 Å². The van der Waals surface area contributed by atoms with E-state index >= 15 is 0 Å². The largest absolute Gasteiger partial charge is 0.344 e. The fourth-order valence-electron chi connectivity index (χ4n) is 2.51. The number of piperidine rings is 1. The Balaban J connectivity index is 2.05. The summed E-state index contributed by atoms with van der Waals surface area (Å²) in [5.74, 6) is -0.969. The highest BCUT2D eigenvalue weighted by Gasteiger charge is 2.25. The third-order valence-electron chi connectivity index (χ3n) is 3.55. The normalized spacial score (nSPS) is 21.6. The Kier molecular flexibility index (Phi) is 4.14. The van der Waals surface area contributed by atoms with Crippen molar-refractivity contribution in [3.8, 4) is 0 Å². The molecule has 0 spiro atoms. The number of likely N-dealkylation sites (tertiary alicyclic amines) is 1. The summed E-state index contributed by atoms with van der Waals surface area (Å²) in [6.07, 6.45) is 1.17. The fraction of sp³-hybridized carbons (Fsp3) is 0.500. The van der Waals surface area contributed by atoms with Gasteiger partial charge in [-0.1, -0.05) is 6.07 Å². The number of likely N-dealkylation sites (N-methyl/N-ethyl adjacent to an activating group) is 1. The van der Waals surface area contributed by atoms with Crippen molar-refractivity contribution < 1.29 is 13.6 Å². The third-order valence-corrected chi connectivity index (χ3v) is 3.55. The van der Waals surface area contributed by atoms with Crippen LogP contribution in [-0.4, -0.2) is 30.4 Å². The van der Waals surface area contributed by atoms with Gasteiger partial charge in [-0.15, -0.1) is 0 Å². The lowest BCUT2D eigenvalue weighted by Crippen LogP contribution is -2.47. The van der Waals surface area contributed by atoms with Crippen molar-refractivity contribution in [1.82, 2.24) is 10.2 Å². The van der Waals surface area contributed by atoms with E-state index in [1.54, 1.807) is 18.9 Å². The van der Waals surface area contributed by atoms with Gasteiger partial charge in [0.15, 0.2) is 0 Å². The maximum atomic E-state index is 13.6. The quantitative estimate of drug-likeness (QED) is 0.911. The van der Waals surface area contributed by atoms with E-state index in [-0.39, 0.29) is 17.5 Å². The molecular formula is C14H18F2N2O. The maximum Gasteiger partial charge on any atom is 0.222 e. The first-order valence-electron chi connectivity index (χ1n) is 6.43. The van der Waals surface area contributed by atoms with Crippen LogP contribution in [0.1, 0.15) is 31.4 Å². The van der Waals surface area contributed by atoms with E-state index in [1.807, 2.05) is 0 Å². The van der Waals surface area contributed by atoms with Crippen LogP contribution in [0.15, 0.2) is 18.2 Å². The van der Waals surface area contributed by atoms with Crippen LogP contribution in [0.5, 0.6) is 0 Å². The van der Waals surface area contributed by atoms with Crippen LogP contribution >= 0.6 is 0 Å². The third kappa shape index (κ3) is 3.10. The first kappa shape index (κ1) is 13.9. The average Bonchev–Trinajstić information content (AvgIpc) is 2.33. The minimum absolute atomic E-state index is 0.0575. The molecule has 1 heterocycles. The van der Waals surface area contributed by atoms with Gasteiger partial charge in [-0.3, -0.25) is 4.79 Å². The number of carbonyl (C=O) groups excluding carboxylic acids is 1. The molecule has 2 unspecified atom stereocenters. The van der Waals surface area contributed by atoms with Crippen LogP contribution in [0.3, 0.4) is 0 Å². The number of benzene rings is 1. The molecule has 0 aromatic heterocycles. The fourth-order valence-corrected chi connectivity index (χ4v) is 2.51. The SMILES string of the molecule is CC(NC1CCC(=O)N(C)C1)c1c(F)cccc1F. The highest BCUT2D eigenvalue weighted by molar-refractivity contribution is 5.76. The molecule has 19 heavy (non-hydrogen) atoms. The minimum atomic E-state index is -0.541. The van der Waals surface area contributed by atoms with Crippen molar-refractivity contribution in [2.24, 2.45) is 0 Å². The number of carbonyl (C=O) groups is 1. The molecule has 1 aliphatic heterocycles. The molecule has 0 saturated carbocycles. The van der Waals surface area contributed by atoms with Crippen LogP contribution in [0.25, 0.3) is 0 Å². The zero-order valence-electron chi connectivity index (χ0n) is 11.1. The van der Waals surface area contributed by atoms with Gasteiger partial charge in [0.2, 0.25) is 5.91 Å². The lowest BCUT2D eigenvalue weighted by Gasteiger charge is -2.32. The lowest BCUT2D eigenvalue weighted by atomic mass is 10.0. The number of halogens is 2. The van der Waals surface area contributed by atoms with E-state index in [9.17, 15) is 13.6 Å². The van der Waals surface area contributed by atoms with Crippen LogP contribution in [-0.2, 0) is 4.79 Å². The molecule has 2 rings (SSSR count). The number of rotatable bonds is 3. The van der Waals surface area contributed by atoms with Gasteiger partial charge in [0.25, 0.3) is 0 Å². The monoisotopic (exact) mass is 268 g/mol. The summed E-state index contributed by atoms with van der Waals surface area (Å²) in [6, 6.07) is 3.51. The molecule has 1 aliphatic rings. The molecule has 3 nitrogen and oxygen atoms in total. The minimum Gasteiger partial charge on any atom is -0.344 e. The summed E-state index contributed by atoms with van der Waals surface area (Å²) in [6.45, 7) is 2.30. The van der Waals surface area contributed by atoms with Gasteiger partial charge < -0.3 is 10.2 Å². The van der Waals surface area contributed by atoms with Crippen molar-refractivity contribution in [1.29, 1.82) is 0 Å². The highest BCUT2D eigenvalue weighted by atomic mass is 19.1. The van der Waals surface area contributed by atoms with E-state index in [0.29, 0.717) is 19.4 Å². The summed E-state index contributed by atoms with van der Waals surface area (Å²) in [5, 5.41) is 3.19. The Bertz CT molecular complexity index is 458. The summed E-state index contributed by atoms with van der Waals surface area (Å²) < 4.78 is 27.3. The molecular weight excluding hydrogens is 250 g/mol. The summed E-state index contributed by atoms with van der Waals surface area (Å²) >= 11 is 0. The van der Waals surface area contributed by atoms with Gasteiger partial charge in [0.05, 0.1) is 0 Å². The van der Waals surface area contributed by atoms with Crippen LogP contribution in [0, 0.1) is 11.6 Å². The molecule has 5 heteroatoms. The molecule has 0 bridgehead atoms. The van der Waals surface area contributed by atoms with Gasteiger partial charge >= 0.3 is 0 Å². The van der Waals surface area contributed by atoms with Crippen molar-refractivity contribution in [2.45, 2.75) is 31.8 Å². The highest BCUT2D eigenvalue weighted by Crippen LogP contribution is 2.22. The van der Waals surface area contributed by atoms with Crippen LogP contribution < -0.4 is 5.32 Å². The molecule has 1 fully saturated rings. The molecule has 104 valence electrons. The average molecular weight is 268 g/mol. The smallest absolute Gasteiger partial charge is 0.222 e. The predicted octanol–water partition coefficient (Wildman–Crippen LogP) is 2.24. The second-order valence-corrected chi connectivity index (χ2v) is 5.03. The lowest BCUT2D eigenvalue weighted by molar-refractivity contribution is -0.132. The molecule has 2 atom stereocenters. The Morgan fingerprint density at radius 1 is 1.37 bits per heavy atom. The second-order valence-electron chi connectivity index (χ2n) is 5.03. The predicted molar refractivity (Wildman–Crippen MR) is 68.6 cm³/mol. The molecule has 1 aromatic rings. The zero-order chi connectivity index (χ0) is 14.0. The van der Waals surface area contributed by atoms with E-state index in [1.165, 1.54) is 18.2 Å². The van der Waals surface area contributed by atoms with Crippen LogP contribution in [0.2, 0.25) is 0 Å². The number of hydrogen-bond donors (Lipinski definition) is 1. The standard InChI is InChI=1S/C14H18F2N2O/c1-9(14-11(15)4-3-5-12(14)16)17-10-6-7-13(19)18(2)8-10/h3-5,9-10,17H,6-8H2,1-2H3. The molecule has 0 radical (unpaired) electrons. The number of hydrogen-bond acceptors (Lipinski definition) is 2. The van der Waals surface area contributed by atoms with E-state index < -0.39 is 17.7 Å². The molecule has 1 aromatic carbocycles. The van der Waals surface area contributed by atoms with E-state index in [0.717, 1.165) is 0 Å². The first-order chi connectivity index (χ1) is 8.99. The zero-order valence-corrected chi connectivity index (χ0v) is 11.1. The Hall–Kier alpha value is -1.49. The van der Waals surface area contributed by atoms with Crippen molar-refractivity contribution in [2.75, 3.05) is 13.6 Å². The number of amides is 1. The molecule has 0 aliphatic carbocycles. The molecule has 1 saturated heterocycles. The summed E-state index contributed by atoms with van der Waals surface area (Å²) in [7, 11) is 1.74. The number of nitrogens with zero attached hydrogens (tertiary/aromatic N) is 1. The first-order valence-corrected chi connectivity index (χ1v) is 6.43. The Labute approximate surface area is 111 Å². The van der Waals surface area contributed by atoms with Gasteiger partial charge in [-0.05, 0) is 25.5 Å². The molecule has 1 N–H and O–H groups in total. The topological polar surface area (TPSA) is 32.3 Å². The summed E-state index contributed by atoms with van der Waals surface area (Å²) in [5.41, 5.74) is 0.0575. The van der Waals surface area contributed by atoms with Gasteiger partial charge in [0.1, 0.15) is 11.6 Å². The van der Waals surface area contributed by atoms with Crippen molar-refractivity contribution in [3.05, 3.63) is 35.4 Å². The Morgan fingerprint density at radius 3 is 2.58 bits per heavy atom. The van der Waals surface area contributed by atoms with E-state index in [2.05, 4.69) is 5.32 Å². The molecule has 1 amide bonds. The summed E-state index contributed by atoms with van der Waals surface area (Å²) in [4.78, 5) is 13.0. The van der Waals surface area contributed by atoms with Gasteiger partial charge in [-0.2, -0.15) is 0 Å². The van der Waals surface area contributed by atoms with Crippen molar-refractivity contribution >= 4 is 5.91 Å². The number of nitrogens with one attached hydrogen (secondary N) is 1. The van der Waals surface area contributed by atoms with Crippen LogP contribution in [0.4, 0.5) is 8.78 Å². The second kappa shape index (κ2) is 5.65. The maximum absolute atomic E-state index is 13.6. The Morgan fingerprint density at radius 2 is 2.00 bits per heavy atom. The van der Waals surface area contributed by atoms with E-state index in [4.69, 9.17) is 0 Å². The van der Waals surface area contributed by atoms with Crippen molar-refractivity contribution in [3.63, 3.8) is 0 Å².